The summed E-state index contributed by atoms with van der Waals surface area (Å²) in [5, 5.41) is 8.71. The Morgan fingerprint density at radius 3 is 2.54 bits per heavy atom. The Balaban J connectivity index is 1.85. The van der Waals surface area contributed by atoms with Crippen molar-refractivity contribution in [3.05, 3.63) is 35.9 Å². The van der Waals surface area contributed by atoms with Gasteiger partial charge >= 0.3 is 0 Å². The number of hydrogen-bond acceptors (Lipinski definition) is 2. The van der Waals surface area contributed by atoms with Gasteiger partial charge in [0.1, 0.15) is 0 Å². The molecule has 1 spiro atoms. The van der Waals surface area contributed by atoms with E-state index in [1.807, 2.05) is 6.07 Å². The van der Waals surface area contributed by atoms with E-state index in [1.54, 1.807) is 0 Å². The third kappa shape index (κ3) is 1.17. The first kappa shape index (κ1) is 7.25. The highest BCUT2D eigenvalue weighted by atomic mass is 15.2. The molecule has 2 aliphatic rings. The molecule has 1 aromatic carbocycles. The second-order valence-corrected chi connectivity index (χ2v) is 4.07. The van der Waals surface area contributed by atoms with Crippen LogP contribution in [0.25, 0.3) is 0 Å². The third-order valence-electron chi connectivity index (χ3n) is 2.99. The fourth-order valence-corrected chi connectivity index (χ4v) is 1.94. The Kier molecular flexibility index (Phi) is 1.34. The van der Waals surface area contributed by atoms with Gasteiger partial charge in [0.25, 0.3) is 0 Å². The maximum Gasteiger partial charge on any atom is 0.0981 e. The molecule has 1 fully saturated rings. The van der Waals surface area contributed by atoms with E-state index in [2.05, 4.69) is 34.5 Å². The molecule has 1 aliphatic heterocycles. The highest BCUT2D eigenvalue weighted by Crippen LogP contribution is 2.52. The first-order valence-corrected chi connectivity index (χ1v) is 4.85. The molecule has 0 aromatic heterocycles. The SMILES string of the molecule is c1ccc(C2CC3(CC3)N=N2)cc1. The van der Waals surface area contributed by atoms with E-state index in [9.17, 15) is 0 Å². The fraction of sp³-hybridized carbons (Fsp3) is 0.455. The molecule has 2 heteroatoms. The van der Waals surface area contributed by atoms with Crippen LogP contribution in [0.4, 0.5) is 0 Å². The van der Waals surface area contributed by atoms with Gasteiger partial charge < -0.3 is 0 Å². The lowest BCUT2D eigenvalue weighted by molar-refractivity contribution is 0.626. The Morgan fingerprint density at radius 1 is 1.15 bits per heavy atom. The van der Waals surface area contributed by atoms with Gasteiger partial charge in [0, 0.05) is 6.42 Å². The first-order valence-electron chi connectivity index (χ1n) is 4.85. The zero-order valence-corrected chi connectivity index (χ0v) is 7.48. The van der Waals surface area contributed by atoms with Crippen LogP contribution in [-0.2, 0) is 0 Å². The van der Waals surface area contributed by atoms with Gasteiger partial charge in [-0.2, -0.15) is 10.2 Å². The number of hydrogen-bond donors (Lipinski definition) is 0. The van der Waals surface area contributed by atoms with Gasteiger partial charge in [0.15, 0.2) is 0 Å². The van der Waals surface area contributed by atoms with Gasteiger partial charge in [-0.3, -0.25) is 0 Å². The second-order valence-electron chi connectivity index (χ2n) is 4.07. The average molecular weight is 172 g/mol. The van der Waals surface area contributed by atoms with E-state index in [0.717, 1.165) is 6.42 Å². The molecule has 66 valence electrons. The van der Waals surface area contributed by atoms with Crippen LogP contribution in [0.2, 0.25) is 0 Å². The Bertz CT molecular complexity index is 338. The van der Waals surface area contributed by atoms with Crippen LogP contribution in [0.5, 0.6) is 0 Å². The number of nitrogens with zero attached hydrogens (tertiary/aromatic N) is 2. The standard InChI is InChI=1S/C11H12N2/c1-2-4-9(5-3-1)10-8-11(6-7-11)13-12-10/h1-5,10H,6-8H2. The third-order valence-corrected chi connectivity index (χ3v) is 2.99. The minimum atomic E-state index is 0.278. The summed E-state index contributed by atoms with van der Waals surface area (Å²) in [5.41, 5.74) is 1.59. The largest absolute Gasteiger partial charge is 0.187 e. The van der Waals surface area contributed by atoms with Crippen molar-refractivity contribution in [1.29, 1.82) is 0 Å². The Labute approximate surface area is 77.7 Å². The molecule has 1 unspecified atom stereocenters. The summed E-state index contributed by atoms with van der Waals surface area (Å²) in [6.45, 7) is 0. The van der Waals surface area contributed by atoms with E-state index in [1.165, 1.54) is 18.4 Å². The molecule has 2 nitrogen and oxygen atoms in total. The van der Waals surface area contributed by atoms with Crippen molar-refractivity contribution >= 4 is 0 Å². The lowest BCUT2D eigenvalue weighted by atomic mass is 10.0. The normalized spacial score (nSPS) is 28.2. The molecule has 1 aliphatic carbocycles. The van der Waals surface area contributed by atoms with E-state index in [4.69, 9.17) is 0 Å². The van der Waals surface area contributed by atoms with Crippen molar-refractivity contribution in [2.45, 2.75) is 30.8 Å². The smallest absolute Gasteiger partial charge is 0.0981 e. The molecule has 0 N–H and O–H groups in total. The highest BCUT2D eigenvalue weighted by molar-refractivity contribution is 5.22. The summed E-state index contributed by atoms with van der Waals surface area (Å²) in [4.78, 5) is 0. The highest BCUT2D eigenvalue weighted by Gasteiger charge is 2.48. The predicted molar refractivity (Wildman–Crippen MR) is 50.6 cm³/mol. The van der Waals surface area contributed by atoms with Gasteiger partial charge in [0.05, 0.1) is 11.6 Å². The quantitative estimate of drug-likeness (QED) is 0.621. The minimum absolute atomic E-state index is 0.278. The second kappa shape index (κ2) is 2.41. The summed E-state index contributed by atoms with van der Waals surface area (Å²) >= 11 is 0. The molecular weight excluding hydrogens is 160 g/mol. The topological polar surface area (TPSA) is 24.7 Å². The zero-order valence-electron chi connectivity index (χ0n) is 7.48. The number of azo groups is 1. The van der Waals surface area contributed by atoms with E-state index >= 15 is 0 Å². The van der Waals surface area contributed by atoms with Crippen molar-refractivity contribution in [3.63, 3.8) is 0 Å². The molecule has 1 aromatic rings. The van der Waals surface area contributed by atoms with Gasteiger partial charge in [-0.15, -0.1) is 0 Å². The lowest BCUT2D eigenvalue weighted by Gasteiger charge is -2.05. The monoisotopic (exact) mass is 172 g/mol. The van der Waals surface area contributed by atoms with Gasteiger partial charge in [-0.25, -0.2) is 0 Å². The van der Waals surface area contributed by atoms with Crippen molar-refractivity contribution in [3.8, 4) is 0 Å². The van der Waals surface area contributed by atoms with Crippen LogP contribution in [0, 0.1) is 0 Å². The summed E-state index contributed by atoms with van der Waals surface area (Å²) in [5.74, 6) is 0. The molecule has 13 heavy (non-hydrogen) atoms. The van der Waals surface area contributed by atoms with E-state index in [-0.39, 0.29) is 5.54 Å². The van der Waals surface area contributed by atoms with E-state index < -0.39 is 0 Å². The average Bonchev–Trinajstić information content (AvgIpc) is 2.78. The van der Waals surface area contributed by atoms with Crippen LogP contribution in [-0.4, -0.2) is 5.54 Å². The van der Waals surface area contributed by atoms with Crippen molar-refractivity contribution in [1.82, 2.24) is 0 Å². The molecule has 0 amide bonds. The molecular formula is C11H12N2. The molecule has 3 rings (SSSR count). The van der Waals surface area contributed by atoms with Crippen LogP contribution < -0.4 is 0 Å². The summed E-state index contributed by atoms with van der Waals surface area (Å²) in [7, 11) is 0. The Morgan fingerprint density at radius 2 is 1.92 bits per heavy atom. The summed E-state index contributed by atoms with van der Waals surface area (Å²) in [6, 6.07) is 10.8. The molecule has 0 radical (unpaired) electrons. The van der Waals surface area contributed by atoms with Gasteiger partial charge in [-0.1, -0.05) is 30.3 Å². The number of benzene rings is 1. The summed E-state index contributed by atoms with van der Waals surface area (Å²) < 4.78 is 0. The van der Waals surface area contributed by atoms with Crippen molar-refractivity contribution in [2.24, 2.45) is 10.2 Å². The predicted octanol–water partition coefficient (Wildman–Crippen LogP) is 3.12. The molecule has 1 atom stereocenters. The lowest BCUT2D eigenvalue weighted by Crippen LogP contribution is -2.01. The maximum absolute atomic E-state index is 4.36. The van der Waals surface area contributed by atoms with Gasteiger partial charge in [-0.05, 0) is 18.4 Å². The first-order chi connectivity index (χ1) is 6.38. The fourth-order valence-electron chi connectivity index (χ4n) is 1.94. The van der Waals surface area contributed by atoms with Crippen LogP contribution in [0.15, 0.2) is 40.6 Å². The zero-order chi connectivity index (χ0) is 8.73. The molecule has 0 saturated heterocycles. The van der Waals surface area contributed by atoms with Crippen LogP contribution in [0.1, 0.15) is 30.9 Å². The minimum Gasteiger partial charge on any atom is -0.187 e. The number of rotatable bonds is 1. The maximum atomic E-state index is 4.36. The molecule has 1 saturated carbocycles. The van der Waals surface area contributed by atoms with Crippen molar-refractivity contribution in [2.75, 3.05) is 0 Å². The van der Waals surface area contributed by atoms with Crippen LogP contribution in [0.3, 0.4) is 0 Å². The Hall–Kier alpha value is -1.18. The molecule has 1 heterocycles. The van der Waals surface area contributed by atoms with Crippen molar-refractivity contribution < 1.29 is 0 Å². The summed E-state index contributed by atoms with van der Waals surface area (Å²) in [6.07, 6.45) is 3.64. The van der Waals surface area contributed by atoms with Crippen LogP contribution >= 0.6 is 0 Å². The molecule has 0 bridgehead atoms. The van der Waals surface area contributed by atoms with E-state index in [0.29, 0.717) is 6.04 Å². The van der Waals surface area contributed by atoms with Gasteiger partial charge in [0.2, 0.25) is 0 Å².